The molecule has 204 valence electrons. The normalized spacial score (nSPS) is 13.5. The van der Waals surface area contributed by atoms with Crippen LogP contribution in [0.25, 0.3) is 0 Å². The SMILES string of the molecule is CC[C@H](C)NC(=O)[C@H](CC)N(Cc1ccccc1)C(=O)CN(c1cc(C(F)(F)F)ccc1Cl)S(C)(=O)=O. The fraction of sp³-hybridized carbons (Fsp3) is 0.440. The molecule has 0 saturated heterocycles. The van der Waals surface area contributed by atoms with Crippen LogP contribution in [0.3, 0.4) is 0 Å². The number of nitrogens with one attached hydrogen (secondary N) is 1. The van der Waals surface area contributed by atoms with E-state index >= 15 is 0 Å². The number of benzene rings is 2. The second-order valence-corrected chi connectivity index (χ2v) is 11.0. The molecule has 2 aromatic rings. The van der Waals surface area contributed by atoms with Crippen molar-refractivity contribution in [3.63, 3.8) is 0 Å². The Labute approximate surface area is 220 Å². The van der Waals surface area contributed by atoms with Crippen molar-refractivity contribution in [3.8, 4) is 0 Å². The largest absolute Gasteiger partial charge is 0.416 e. The van der Waals surface area contributed by atoms with Crippen LogP contribution in [0.4, 0.5) is 18.9 Å². The van der Waals surface area contributed by atoms with E-state index in [1.54, 1.807) is 37.3 Å². The molecule has 12 heteroatoms. The van der Waals surface area contributed by atoms with Gasteiger partial charge in [0.05, 0.1) is 22.5 Å². The average molecular weight is 562 g/mol. The van der Waals surface area contributed by atoms with Crippen LogP contribution in [0.2, 0.25) is 5.02 Å². The van der Waals surface area contributed by atoms with Crippen LogP contribution >= 0.6 is 11.6 Å². The van der Waals surface area contributed by atoms with E-state index in [-0.39, 0.29) is 24.0 Å². The minimum Gasteiger partial charge on any atom is -0.352 e. The van der Waals surface area contributed by atoms with Crippen molar-refractivity contribution in [1.29, 1.82) is 0 Å². The highest BCUT2D eigenvalue weighted by Gasteiger charge is 2.35. The maximum Gasteiger partial charge on any atom is 0.416 e. The van der Waals surface area contributed by atoms with Crippen molar-refractivity contribution in [1.82, 2.24) is 10.2 Å². The number of carbonyl (C=O) groups excluding carboxylic acids is 2. The van der Waals surface area contributed by atoms with E-state index in [0.717, 1.165) is 18.4 Å². The fourth-order valence-corrected chi connectivity index (χ4v) is 4.74. The molecule has 0 unspecified atom stereocenters. The van der Waals surface area contributed by atoms with E-state index in [1.165, 1.54) is 4.90 Å². The molecule has 2 atom stereocenters. The first-order valence-electron chi connectivity index (χ1n) is 11.7. The molecular weight excluding hydrogens is 531 g/mol. The van der Waals surface area contributed by atoms with Crippen LogP contribution in [0.15, 0.2) is 48.5 Å². The van der Waals surface area contributed by atoms with E-state index in [9.17, 15) is 31.2 Å². The van der Waals surface area contributed by atoms with Gasteiger partial charge in [-0.25, -0.2) is 8.42 Å². The molecule has 0 aromatic heterocycles. The monoisotopic (exact) mass is 561 g/mol. The Hall–Kier alpha value is -2.79. The van der Waals surface area contributed by atoms with E-state index in [1.807, 2.05) is 13.8 Å². The van der Waals surface area contributed by atoms with E-state index in [0.29, 0.717) is 22.4 Å². The molecule has 2 aromatic carbocycles. The minimum absolute atomic E-state index is 0.0139. The van der Waals surface area contributed by atoms with Crippen molar-refractivity contribution < 1.29 is 31.2 Å². The van der Waals surface area contributed by atoms with Gasteiger partial charge in [0.1, 0.15) is 12.6 Å². The number of alkyl halides is 3. The molecule has 0 aliphatic rings. The second-order valence-electron chi connectivity index (χ2n) is 8.68. The highest BCUT2D eigenvalue weighted by Crippen LogP contribution is 2.36. The number of carbonyl (C=O) groups is 2. The summed E-state index contributed by atoms with van der Waals surface area (Å²) in [7, 11) is -4.25. The van der Waals surface area contributed by atoms with Gasteiger partial charge in [-0.1, -0.05) is 55.8 Å². The molecule has 0 aliphatic carbocycles. The van der Waals surface area contributed by atoms with Crippen LogP contribution in [-0.2, 0) is 32.3 Å². The van der Waals surface area contributed by atoms with Crippen LogP contribution in [0.5, 0.6) is 0 Å². The highest BCUT2D eigenvalue weighted by atomic mass is 35.5. The number of amides is 2. The molecule has 1 N–H and O–H groups in total. The van der Waals surface area contributed by atoms with Gasteiger partial charge in [-0.15, -0.1) is 0 Å². The molecule has 7 nitrogen and oxygen atoms in total. The summed E-state index contributed by atoms with van der Waals surface area (Å²) in [6.45, 7) is 4.56. The maximum atomic E-state index is 13.6. The number of hydrogen-bond donors (Lipinski definition) is 1. The zero-order chi connectivity index (χ0) is 28.0. The highest BCUT2D eigenvalue weighted by molar-refractivity contribution is 7.92. The third kappa shape index (κ3) is 8.36. The van der Waals surface area contributed by atoms with Crippen molar-refractivity contribution in [2.24, 2.45) is 0 Å². The molecule has 0 bridgehead atoms. The summed E-state index contributed by atoms with van der Waals surface area (Å²) in [4.78, 5) is 27.9. The summed E-state index contributed by atoms with van der Waals surface area (Å²) in [5.74, 6) is -1.18. The third-order valence-corrected chi connectivity index (χ3v) is 7.25. The Morgan fingerprint density at radius 1 is 1.05 bits per heavy atom. The van der Waals surface area contributed by atoms with Gasteiger partial charge in [0.2, 0.25) is 21.8 Å². The number of sulfonamides is 1. The summed E-state index contributed by atoms with van der Waals surface area (Å²) in [5, 5.41) is 2.56. The quantitative estimate of drug-likeness (QED) is 0.425. The molecule has 0 radical (unpaired) electrons. The number of anilines is 1. The number of nitrogens with zero attached hydrogens (tertiary/aromatic N) is 2. The lowest BCUT2D eigenvalue weighted by atomic mass is 10.1. The summed E-state index contributed by atoms with van der Waals surface area (Å²) in [6.07, 6.45) is -3.10. The number of hydrogen-bond acceptors (Lipinski definition) is 4. The van der Waals surface area contributed by atoms with Crippen LogP contribution in [0, 0.1) is 0 Å². The summed E-state index contributed by atoms with van der Waals surface area (Å²) >= 11 is 6.09. The van der Waals surface area contributed by atoms with Gasteiger partial charge < -0.3 is 10.2 Å². The Balaban J connectivity index is 2.52. The fourth-order valence-electron chi connectivity index (χ4n) is 3.62. The molecular formula is C25H31ClF3N3O4S. The summed E-state index contributed by atoms with van der Waals surface area (Å²) < 4.78 is 65.8. The zero-order valence-electron chi connectivity index (χ0n) is 21.0. The second kappa shape index (κ2) is 12.6. The Morgan fingerprint density at radius 3 is 2.19 bits per heavy atom. The van der Waals surface area contributed by atoms with Crippen molar-refractivity contribution in [2.45, 2.75) is 58.4 Å². The van der Waals surface area contributed by atoms with Crippen LogP contribution in [0.1, 0.15) is 44.7 Å². The van der Waals surface area contributed by atoms with E-state index in [4.69, 9.17) is 11.6 Å². The van der Waals surface area contributed by atoms with Crippen molar-refractivity contribution >= 4 is 39.1 Å². The molecule has 2 rings (SSSR count). The smallest absolute Gasteiger partial charge is 0.352 e. The molecule has 37 heavy (non-hydrogen) atoms. The van der Waals surface area contributed by atoms with Gasteiger partial charge in [-0.2, -0.15) is 13.2 Å². The predicted molar refractivity (Wildman–Crippen MR) is 138 cm³/mol. The minimum atomic E-state index is -4.76. The summed E-state index contributed by atoms with van der Waals surface area (Å²) in [5.41, 5.74) is -0.911. The van der Waals surface area contributed by atoms with Gasteiger partial charge in [-0.3, -0.25) is 13.9 Å². The first-order chi connectivity index (χ1) is 17.2. The molecule has 0 spiro atoms. The van der Waals surface area contributed by atoms with Gasteiger partial charge in [0.25, 0.3) is 0 Å². The average Bonchev–Trinajstić information content (AvgIpc) is 2.81. The van der Waals surface area contributed by atoms with Gasteiger partial charge in [0, 0.05) is 12.6 Å². The summed E-state index contributed by atoms with van der Waals surface area (Å²) in [6, 6.07) is 9.92. The van der Waals surface area contributed by atoms with Gasteiger partial charge in [0.15, 0.2) is 0 Å². The van der Waals surface area contributed by atoms with Gasteiger partial charge >= 0.3 is 6.18 Å². The van der Waals surface area contributed by atoms with Crippen molar-refractivity contribution in [2.75, 3.05) is 17.1 Å². The lowest BCUT2D eigenvalue weighted by Crippen LogP contribution is -2.53. The lowest BCUT2D eigenvalue weighted by molar-refractivity contribution is -0.140. The van der Waals surface area contributed by atoms with Crippen LogP contribution in [-0.4, -0.2) is 50.0 Å². The first-order valence-corrected chi connectivity index (χ1v) is 13.9. The van der Waals surface area contributed by atoms with Gasteiger partial charge in [-0.05, 0) is 43.5 Å². The Kier molecular flexibility index (Phi) is 10.4. The van der Waals surface area contributed by atoms with Crippen LogP contribution < -0.4 is 9.62 Å². The standard InChI is InChI=1S/C25H31ClF3N3O4S/c1-5-17(3)30-24(34)21(6-2)31(15-18-10-8-7-9-11-18)23(33)16-32(37(4,35)36)22-14-19(25(27,28)29)12-13-20(22)26/h7-14,17,21H,5-6,15-16H2,1-4H3,(H,30,34)/t17-,21-/m0/s1. The Bertz CT molecular complexity index is 1190. The first kappa shape index (κ1) is 30.4. The van der Waals surface area contributed by atoms with E-state index < -0.39 is 51.9 Å². The predicted octanol–water partition coefficient (Wildman–Crippen LogP) is 4.85. The molecule has 0 saturated carbocycles. The third-order valence-electron chi connectivity index (χ3n) is 5.80. The maximum absolute atomic E-state index is 13.6. The van der Waals surface area contributed by atoms with E-state index in [2.05, 4.69) is 5.32 Å². The molecule has 0 heterocycles. The number of halogens is 4. The number of rotatable bonds is 11. The topological polar surface area (TPSA) is 86.8 Å². The molecule has 0 fully saturated rings. The molecule has 2 amide bonds. The Morgan fingerprint density at radius 2 is 1.68 bits per heavy atom. The zero-order valence-corrected chi connectivity index (χ0v) is 22.6. The lowest BCUT2D eigenvalue weighted by Gasteiger charge is -2.33. The van der Waals surface area contributed by atoms with Crippen molar-refractivity contribution in [3.05, 3.63) is 64.7 Å². The molecule has 0 aliphatic heterocycles.